The molecule has 0 radical (unpaired) electrons. The molecule has 14 heteroatoms. The Balaban J connectivity index is 1.65. The van der Waals surface area contributed by atoms with Gasteiger partial charge in [-0.25, -0.2) is 26.8 Å². The van der Waals surface area contributed by atoms with Gasteiger partial charge in [-0.05, 0) is 42.5 Å². The van der Waals surface area contributed by atoms with Crippen LogP contribution in [0.2, 0.25) is 0 Å². The predicted molar refractivity (Wildman–Crippen MR) is 114 cm³/mol. The second kappa shape index (κ2) is 9.84. The first-order chi connectivity index (χ1) is 15.5. The van der Waals surface area contributed by atoms with Crippen LogP contribution in [0.15, 0.2) is 52.3 Å². The van der Waals surface area contributed by atoms with Gasteiger partial charge in [0.15, 0.2) is 6.61 Å². The molecule has 3 rings (SSSR count). The number of esters is 1. The number of nitrogens with zero attached hydrogens (tertiary/aromatic N) is 1. The van der Waals surface area contributed by atoms with E-state index < -0.39 is 49.8 Å². The number of aromatic hydroxyl groups is 1. The van der Waals surface area contributed by atoms with Crippen LogP contribution in [0.25, 0.3) is 0 Å². The minimum Gasteiger partial charge on any atom is -0.507 e. The molecule has 0 aromatic heterocycles. The van der Waals surface area contributed by atoms with E-state index in [1.807, 2.05) is 0 Å². The summed E-state index contributed by atoms with van der Waals surface area (Å²) in [6.07, 6.45) is 0. The Labute approximate surface area is 190 Å². The lowest BCUT2D eigenvalue weighted by Gasteiger charge is -2.26. The van der Waals surface area contributed by atoms with Gasteiger partial charge in [-0.15, -0.1) is 0 Å². The van der Waals surface area contributed by atoms with Gasteiger partial charge in [0, 0.05) is 18.8 Å². The molecule has 0 saturated carbocycles. The number of carbonyl (C=O) groups excluding carboxylic acids is 2. The van der Waals surface area contributed by atoms with Crippen molar-refractivity contribution in [1.82, 2.24) is 4.31 Å². The van der Waals surface area contributed by atoms with Gasteiger partial charge in [0.1, 0.15) is 11.3 Å². The second-order valence-electron chi connectivity index (χ2n) is 6.89. The van der Waals surface area contributed by atoms with Crippen LogP contribution in [0.5, 0.6) is 5.75 Å². The third-order valence-corrected chi connectivity index (χ3v) is 7.42. The summed E-state index contributed by atoms with van der Waals surface area (Å²) in [4.78, 5) is 24.0. The molecule has 4 N–H and O–H groups in total. The van der Waals surface area contributed by atoms with Crippen LogP contribution in [0, 0.1) is 0 Å². The zero-order valence-corrected chi connectivity index (χ0v) is 18.8. The zero-order valence-electron chi connectivity index (χ0n) is 17.1. The highest BCUT2D eigenvalue weighted by molar-refractivity contribution is 7.89. The lowest BCUT2D eigenvalue weighted by atomic mass is 10.2. The molecule has 1 aliphatic heterocycles. The Hall–Kier alpha value is -3.04. The Kier molecular flexibility index (Phi) is 7.34. The molecule has 2 aromatic carbocycles. The van der Waals surface area contributed by atoms with Crippen LogP contribution in [0.4, 0.5) is 5.69 Å². The molecule has 0 bridgehead atoms. The number of hydrogen-bond donors (Lipinski definition) is 3. The van der Waals surface area contributed by atoms with Gasteiger partial charge in [0.2, 0.25) is 20.0 Å². The average molecular weight is 500 g/mol. The van der Waals surface area contributed by atoms with E-state index in [9.17, 15) is 31.5 Å². The largest absolute Gasteiger partial charge is 0.507 e. The summed E-state index contributed by atoms with van der Waals surface area (Å²) in [6, 6.07) is 8.17. The molecular weight excluding hydrogens is 478 g/mol. The van der Waals surface area contributed by atoms with Crippen molar-refractivity contribution in [3.63, 3.8) is 0 Å². The van der Waals surface area contributed by atoms with E-state index in [0.717, 1.165) is 18.2 Å². The van der Waals surface area contributed by atoms with Crippen molar-refractivity contribution in [3.8, 4) is 5.75 Å². The monoisotopic (exact) mass is 499 g/mol. The van der Waals surface area contributed by atoms with Crippen molar-refractivity contribution < 1.29 is 41.0 Å². The number of morpholine rings is 1. The Morgan fingerprint density at radius 2 is 1.64 bits per heavy atom. The molecular formula is C19H21N3O9S2. The lowest BCUT2D eigenvalue weighted by Crippen LogP contribution is -2.40. The van der Waals surface area contributed by atoms with Crippen LogP contribution in [0.3, 0.4) is 0 Å². The fraction of sp³-hybridized carbons (Fsp3) is 0.263. The van der Waals surface area contributed by atoms with E-state index in [1.54, 1.807) is 0 Å². The van der Waals surface area contributed by atoms with Crippen molar-refractivity contribution in [2.24, 2.45) is 5.14 Å². The minimum absolute atomic E-state index is 0.144. The zero-order chi connectivity index (χ0) is 24.2. The number of nitrogens with one attached hydrogen (secondary N) is 1. The predicted octanol–water partition coefficient (Wildman–Crippen LogP) is -0.144. The van der Waals surface area contributed by atoms with Crippen molar-refractivity contribution in [1.29, 1.82) is 0 Å². The molecule has 1 aliphatic rings. The summed E-state index contributed by atoms with van der Waals surface area (Å²) in [6.45, 7) is 0.0521. The topological polar surface area (TPSA) is 182 Å². The van der Waals surface area contributed by atoms with Crippen LogP contribution in [-0.4, -0.2) is 71.0 Å². The van der Waals surface area contributed by atoms with E-state index >= 15 is 0 Å². The van der Waals surface area contributed by atoms with Crippen LogP contribution >= 0.6 is 0 Å². The maximum atomic E-state index is 12.8. The summed E-state index contributed by atoms with van der Waals surface area (Å²) in [7, 11) is -7.80. The Bertz CT molecular complexity index is 1250. The Morgan fingerprint density at radius 1 is 1.03 bits per heavy atom. The van der Waals surface area contributed by atoms with Crippen molar-refractivity contribution in [2.75, 3.05) is 38.2 Å². The first-order valence-corrected chi connectivity index (χ1v) is 12.5. The molecule has 178 valence electrons. The molecule has 2 aromatic rings. The number of rotatable bonds is 7. The van der Waals surface area contributed by atoms with Gasteiger partial charge in [-0.3, -0.25) is 4.79 Å². The maximum Gasteiger partial charge on any atom is 0.342 e. The third-order valence-electron chi connectivity index (χ3n) is 4.60. The number of anilines is 1. The summed E-state index contributed by atoms with van der Waals surface area (Å²) in [5.41, 5.74) is -0.195. The number of ether oxygens (including phenoxy) is 2. The minimum atomic E-state index is -3.92. The number of nitrogens with two attached hydrogens (primary N) is 1. The quantitative estimate of drug-likeness (QED) is 0.436. The van der Waals surface area contributed by atoms with E-state index in [2.05, 4.69) is 5.32 Å². The number of sulfonamides is 2. The highest BCUT2D eigenvalue weighted by Crippen LogP contribution is 2.25. The first kappa shape index (κ1) is 24.6. The first-order valence-electron chi connectivity index (χ1n) is 9.49. The average Bonchev–Trinajstić information content (AvgIpc) is 2.78. The van der Waals surface area contributed by atoms with Crippen LogP contribution < -0.4 is 10.5 Å². The number of phenols is 1. The molecule has 0 spiro atoms. The lowest BCUT2D eigenvalue weighted by molar-refractivity contribution is -0.119. The highest BCUT2D eigenvalue weighted by atomic mass is 32.2. The highest BCUT2D eigenvalue weighted by Gasteiger charge is 2.28. The van der Waals surface area contributed by atoms with Gasteiger partial charge in [-0.1, -0.05) is 0 Å². The van der Waals surface area contributed by atoms with E-state index in [0.29, 0.717) is 0 Å². The Morgan fingerprint density at radius 3 is 2.24 bits per heavy atom. The van der Waals surface area contributed by atoms with Gasteiger partial charge in [-0.2, -0.15) is 4.31 Å². The summed E-state index contributed by atoms with van der Waals surface area (Å²) < 4.78 is 59.2. The molecule has 0 unspecified atom stereocenters. The van der Waals surface area contributed by atoms with E-state index in [1.165, 1.54) is 28.6 Å². The normalized spacial score (nSPS) is 15.1. The molecule has 1 heterocycles. The number of amides is 1. The number of primary sulfonamides is 1. The van der Waals surface area contributed by atoms with Crippen molar-refractivity contribution in [3.05, 3.63) is 48.0 Å². The third kappa shape index (κ3) is 6.06. The molecule has 1 fully saturated rings. The fourth-order valence-corrected chi connectivity index (χ4v) is 4.86. The fourth-order valence-electron chi connectivity index (χ4n) is 2.91. The van der Waals surface area contributed by atoms with E-state index in [-0.39, 0.29) is 41.8 Å². The summed E-state index contributed by atoms with van der Waals surface area (Å²) >= 11 is 0. The number of carbonyl (C=O) groups is 2. The number of benzene rings is 2. The summed E-state index contributed by atoms with van der Waals surface area (Å²) in [5, 5.41) is 17.4. The van der Waals surface area contributed by atoms with E-state index in [4.69, 9.17) is 14.6 Å². The SMILES string of the molecule is NS(=O)(=O)c1ccc(NC(=O)COC(=O)c2cc(S(=O)(=O)N3CCOCC3)ccc2O)cc1. The van der Waals surface area contributed by atoms with Crippen molar-refractivity contribution in [2.45, 2.75) is 9.79 Å². The van der Waals surface area contributed by atoms with Gasteiger partial charge in [0.05, 0.1) is 23.0 Å². The number of phenolic OH excluding ortho intramolecular Hbond substituents is 1. The molecule has 0 aliphatic carbocycles. The van der Waals surface area contributed by atoms with Crippen molar-refractivity contribution >= 4 is 37.6 Å². The second-order valence-corrected chi connectivity index (χ2v) is 10.4. The van der Waals surface area contributed by atoms with Crippen LogP contribution in [0.1, 0.15) is 10.4 Å². The molecule has 1 amide bonds. The summed E-state index contributed by atoms with van der Waals surface area (Å²) in [5.74, 6) is -2.37. The smallest absolute Gasteiger partial charge is 0.342 e. The molecule has 0 atom stereocenters. The molecule has 1 saturated heterocycles. The van der Waals surface area contributed by atoms with Gasteiger partial charge < -0.3 is 19.9 Å². The molecule has 12 nitrogen and oxygen atoms in total. The maximum absolute atomic E-state index is 12.8. The van der Waals surface area contributed by atoms with Gasteiger partial charge >= 0.3 is 5.97 Å². The van der Waals surface area contributed by atoms with Crippen LogP contribution in [-0.2, 0) is 34.3 Å². The van der Waals surface area contributed by atoms with Gasteiger partial charge in [0.25, 0.3) is 5.91 Å². The molecule has 33 heavy (non-hydrogen) atoms. The standard InChI is InChI=1S/C19H21N3O9S2/c20-32(26,27)14-3-1-13(2-4-14)21-18(24)12-31-19(25)16-11-15(5-6-17(16)23)33(28,29)22-7-9-30-10-8-22/h1-6,11,23H,7-10,12H2,(H,21,24)(H2,20,26,27). The number of hydrogen-bond acceptors (Lipinski definition) is 9.